The number of hydrogen-bond donors (Lipinski definition) is 1. The first-order valence-corrected chi connectivity index (χ1v) is 6.09. The van der Waals surface area contributed by atoms with Gasteiger partial charge in [0.1, 0.15) is 0 Å². The van der Waals surface area contributed by atoms with Gasteiger partial charge < -0.3 is 15.4 Å². The highest BCUT2D eigenvalue weighted by molar-refractivity contribution is 5.85. The molecule has 0 bridgehead atoms. The van der Waals surface area contributed by atoms with Crippen LogP contribution in [0.25, 0.3) is 0 Å². The minimum Gasteiger partial charge on any atom is -0.381 e. The van der Waals surface area contributed by atoms with E-state index in [-0.39, 0.29) is 5.91 Å². The molecule has 0 aromatic carbocycles. The lowest BCUT2D eigenvalue weighted by Crippen LogP contribution is -2.52. The number of amides is 1. The maximum Gasteiger partial charge on any atom is 0.242 e. The second kappa shape index (κ2) is 5.64. The van der Waals surface area contributed by atoms with Crippen molar-refractivity contribution in [2.75, 3.05) is 26.8 Å². The number of ether oxygens (including phenoxy) is 1. The summed E-state index contributed by atoms with van der Waals surface area (Å²) in [7, 11) is 1.83. The Morgan fingerprint density at radius 3 is 2.81 bits per heavy atom. The maximum absolute atomic E-state index is 12.1. The van der Waals surface area contributed by atoms with Gasteiger partial charge in [-0.25, -0.2) is 0 Å². The molecule has 0 spiro atoms. The zero-order chi connectivity index (χ0) is 12.2. The van der Waals surface area contributed by atoms with Crippen LogP contribution in [0, 0.1) is 5.92 Å². The van der Waals surface area contributed by atoms with Crippen LogP contribution in [-0.4, -0.2) is 43.2 Å². The van der Waals surface area contributed by atoms with Crippen molar-refractivity contribution in [3.8, 4) is 0 Å². The highest BCUT2D eigenvalue weighted by atomic mass is 16.5. The largest absolute Gasteiger partial charge is 0.381 e. The average Bonchev–Trinajstić information content (AvgIpc) is 2.69. The molecule has 2 unspecified atom stereocenters. The Bertz CT molecular complexity index is 235. The normalized spacial score (nSPS) is 24.1. The lowest BCUT2D eigenvalue weighted by molar-refractivity contribution is -0.135. The van der Waals surface area contributed by atoms with E-state index >= 15 is 0 Å². The molecule has 4 nitrogen and oxygen atoms in total. The minimum atomic E-state index is -0.719. The van der Waals surface area contributed by atoms with E-state index in [0.717, 1.165) is 39.0 Å². The second-order valence-electron chi connectivity index (χ2n) is 5.08. The molecule has 0 radical (unpaired) electrons. The molecule has 0 aliphatic carbocycles. The van der Waals surface area contributed by atoms with Crippen molar-refractivity contribution in [3.63, 3.8) is 0 Å². The first-order valence-electron chi connectivity index (χ1n) is 6.09. The molecule has 1 aliphatic heterocycles. The third-order valence-corrected chi connectivity index (χ3v) is 3.16. The summed E-state index contributed by atoms with van der Waals surface area (Å²) >= 11 is 0. The molecule has 16 heavy (non-hydrogen) atoms. The van der Waals surface area contributed by atoms with Crippen LogP contribution in [0.2, 0.25) is 0 Å². The van der Waals surface area contributed by atoms with E-state index in [4.69, 9.17) is 10.5 Å². The number of likely N-dealkylation sites (N-methyl/N-ethyl adjacent to an activating group) is 1. The van der Waals surface area contributed by atoms with Gasteiger partial charge >= 0.3 is 0 Å². The Kier molecular flexibility index (Phi) is 4.74. The zero-order valence-corrected chi connectivity index (χ0v) is 10.7. The molecule has 1 aliphatic rings. The fraction of sp³-hybridized carbons (Fsp3) is 0.917. The Labute approximate surface area is 98.1 Å². The number of hydrogen-bond acceptors (Lipinski definition) is 3. The van der Waals surface area contributed by atoms with Gasteiger partial charge in [0, 0.05) is 26.1 Å². The van der Waals surface area contributed by atoms with Crippen LogP contribution in [0.1, 0.15) is 33.1 Å². The molecule has 0 saturated carbocycles. The summed E-state index contributed by atoms with van der Waals surface area (Å²) in [5, 5.41) is 0. The smallest absolute Gasteiger partial charge is 0.242 e. The molecular formula is C12H24N2O2. The summed E-state index contributed by atoms with van der Waals surface area (Å²) in [5.41, 5.74) is 5.30. The van der Waals surface area contributed by atoms with E-state index in [0.29, 0.717) is 5.92 Å². The third kappa shape index (κ3) is 3.46. The molecule has 2 N–H and O–H groups in total. The molecule has 4 heteroatoms. The molecule has 1 heterocycles. The van der Waals surface area contributed by atoms with E-state index in [2.05, 4.69) is 0 Å². The van der Waals surface area contributed by atoms with Gasteiger partial charge in [0.25, 0.3) is 0 Å². The van der Waals surface area contributed by atoms with Crippen LogP contribution in [0.15, 0.2) is 0 Å². The molecule has 0 aromatic rings. The van der Waals surface area contributed by atoms with Gasteiger partial charge in [-0.1, -0.05) is 13.3 Å². The summed E-state index contributed by atoms with van der Waals surface area (Å²) in [5.74, 6) is 0.521. The number of carbonyl (C=O) groups is 1. The van der Waals surface area contributed by atoms with Crippen LogP contribution in [0.4, 0.5) is 0 Å². The summed E-state index contributed by atoms with van der Waals surface area (Å²) < 4.78 is 5.30. The highest BCUT2D eigenvalue weighted by Crippen LogP contribution is 2.17. The van der Waals surface area contributed by atoms with Crippen LogP contribution < -0.4 is 5.73 Å². The minimum absolute atomic E-state index is 0.0428. The quantitative estimate of drug-likeness (QED) is 0.763. The fourth-order valence-corrected chi connectivity index (χ4v) is 2.26. The first-order chi connectivity index (χ1) is 7.47. The Morgan fingerprint density at radius 2 is 2.31 bits per heavy atom. The standard InChI is InChI=1S/C12H24N2O2/c1-4-6-12(2,13)11(15)14(3)8-10-5-7-16-9-10/h10H,4-9,13H2,1-3H3. The zero-order valence-electron chi connectivity index (χ0n) is 10.7. The van der Waals surface area contributed by atoms with Crippen LogP contribution in [0.3, 0.4) is 0 Å². The SMILES string of the molecule is CCCC(C)(N)C(=O)N(C)CC1CCOC1. The van der Waals surface area contributed by atoms with Crippen LogP contribution >= 0.6 is 0 Å². The molecule has 94 valence electrons. The molecule has 1 saturated heterocycles. The lowest BCUT2D eigenvalue weighted by Gasteiger charge is -2.30. The average molecular weight is 228 g/mol. The fourth-order valence-electron chi connectivity index (χ4n) is 2.26. The molecular weight excluding hydrogens is 204 g/mol. The van der Waals surface area contributed by atoms with E-state index in [1.807, 2.05) is 20.9 Å². The van der Waals surface area contributed by atoms with Crippen molar-refractivity contribution in [1.29, 1.82) is 0 Å². The highest BCUT2D eigenvalue weighted by Gasteiger charge is 2.31. The summed E-state index contributed by atoms with van der Waals surface area (Å²) in [6.07, 6.45) is 2.71. The number of carbonyl (C=O) groups excluding carboxylic acids is 1. The summed E-state index contributed by atoms with van der Waals surface area (Å²) in [4.78, 5) is 13.9. The topological polar surface area (TPSA) is 55.6 Å². The van der Waals surface area contributed by atoms with Crippen molar-refractivity contribution in [2.45, 2.75) is 38.6 Å². The van der Waals surface area contributed by atoms with Gasteiger partial charge in [-0.2, -0.15) is 0 Å². The van der Waals surface area contributed by atoms with Gasteiger partial charge in [-0.15, -0.1) is 0 Å². The van der Waals surface area contributed by atoms with E-state index < -0.39 is 5.54 Å². The molecule has 1 fully saturated rings. The van der Waals surface area contributed by atoms with E-state index in [9.17, 15) is 4.79 Å². The van der Waals surface area contributed by atoms with Gasteiger partial charge in [0.2, 0.25) is 5.91 Å². The van der Waals surface area contributed by atoms with Crippen molar-refractivity contribution >= 4 is 5.91 Å². The maximum atomic E-state index is 12.1. The van der Waals surface area contributed by atoms with Gasteiger partial charge in [-0.05, 0) is 19.8 Å². The monoisotopic (exact) mass is 228 g/mol. The van der Waals surface area contributed by atoms with Crippen LogP contribution in [0.5, 0.6) is 0 Å². The molecule has 2 atom stereocenters. The first kappa shape index (κ1) is 13.5. The number of nitrogens with two attached hydrogens (primary N) is 1. The van der Waals surface area contributed by atoms with Crippen molar-refractivity contribution < 1.29 is 9.53 Å². The second-order valence-corrected chi connectivity index (χ2v) is 5.08. The van der Waals surface area contributed by atoms with Crippen molar-refractivity contribution in [1.82, 2.24) is 4.90 Å². The van der Waals surface area contributed by atoms with Crippen molar-refractivity contribution in [2.24, 2.45) is 11.7 Å². The Hall–Kier alpha value is -0.610. The Morgan fingerprint density at radius 1 is 1.62 bits per heavy atom. The third-order valence-electron chi connectivity index (χ3n) is 3.16. The predicted molar refractivity (Wildman–Crippen MR) is 64.1 cm³/mol. The summed E-state index contributed by atoms with van der Waals surface area (Å²) in [6.45, 7) is 6.22. The molecule has 1 rings (SSSR count). The molecule has 0 aromatic heterocycles. The predicted octanol–water partition coefficient (Wildman–Crippen LogP) is 0.999. The molecule has 1 amide bonds. The Balaban J connectivity index is 2.45. The van der Waals surface area contributed by atoms with Crippen LogP contribution in [-0.2, 0) is 9.53 Å². The van der Waals surface area contributed by atoms with Gasteiger partial charge in [-0.3, -0.25) is 4.79 Å². The van der Waals surface area contributed by atoms with Crippen molar-refractivity contribution in [3.05, 3.63) is 0 Å². The van der Waals surface area contributed by atoms with E-state index in [1.165, 1.54) is 0 Å². The number of rotatable bonds is 5. The van der Waals surface area contributed by atoms with Gasteiger partial charge in [0.05, 0.1) is 12.1 Å². The lowest BCUT2D eigenvalue weighted by atomic mass is 9.95. The number of nitrogens with zero attached hydrogens (tertiary/aromatic N) is 1. The van der Waals surface area contributed by atoms with E-state index in [1.54, 1.807) is 4.90 Å². The van der Waals surface area contributed by atoms with Gasteiger partial charge in [0.15, 0.2) is 0 Å². The summed E-state index contributed by atoms with van der Waals surface area (Å²) in [6, 6.07) is 0.